The van der Waals surface area contributed by atoms with Gasteiger partial charge in [0.2, 0.25) is 0 Å². The summed E-state index contributed by atoms with van der Waals surface area (Å²) in [5.74, 6) is -0.709. The summed E-state index contributed by atoms with van der Waals surface area (Å²) in [6.07, 6.45) is 2.48. The number of halogens is 1. The Bertz CT molecular complexity index is 408. The van der Waals surface area contributed by atoms with Crippen molar-refractivity contribution >= 4 is 17.6 Å². The van der Waals surface area contributed by atoms with Gasteiger partial charge in [0.1, 0.15) is 0 Å². The van der Waals surface area contributed by atoms with Gasteiger partial charge in [0.15, 0.2) is 0 Å². The molecule has 0 bridgehead atoms. The molecule has 0 aliphatic heterocycles. The number of carboxylic acids is 1. The molecule has 15 heavy (non-hydrogen) atoms. The number of carbonyl (C=O) groups is 1. The van der Waals surface area contributed by atoms with Crippen LogP contribution in [0.25, 0.3) is 0 Å². The van der Waals surface area contributed by atoms with Crippen LogP contribution in [0.5, 0.6) is 0 Å². The zero-order valence-electron chi connectivity index (χ0n) is 8.59. The quantitative estimate of drug-likeness (QED) is 0.838. The molecule has 1 N–H and O–H groups in total. The summed E-state index contributed by atoms with van der Waals surface area (Å²) in [5, 5.41) is 9.96. The molecule has 0 aromatic heterocycles. The third-order valence-corrected chi connectivity index (χ3v) is 3.56. The first-order chi connectivity index (χ1) is 7.06. The maximum atomic E-state index is 11.3. The molecule has 0 unspecified atom stereocenters. The molecule has 0 amide bonds. The van der Waals surface area contributed by atoms with Crippen molar-refractivity contribution in [2.45, 2.75) is 31.6 Å². The third-order valence-electron chi connectivity index (χ3n) is 3.32. The number of aryl methyl sites for hydroxylation is 1. The highest BCUT2D eigenvalue weighted by Gasteiger charge is 2.46. The Kier molecular flexibility index (Phi) is 2.47. The largest absolute Gasteiger partial charge is 0.481 e. The highest BCUT2D eigenvalue weighted by molar-refractivity contribution is 6.30. The van der Waals surface area contributed by atoms with Crippen molar-refractivity contribution in [3.8, 4) is 0 Å². The van der Waals surface area contributed by atoms with E-state index in [9.17, 15) is 9.90 Å². The Hall–Kier alpha value is -1.02. The van der Waals surface area contributed by atoms with Gasteiger partial charge in [0.05, 0.1) is 5.41 Å². The molecule has 80 valence electrons. The number of carboxylic acid groups (broad SMARTS) is 1. The molecule has 2 nitrogen and oxygen atoms in total. The van der Waals surface area contributed by atoms with Crippen molar-refractivity contribution in [3.63, 3.8) is 0 Å². The molecule has 3 heteroatoms. The first kappa shape index (κ1) is 10.5. The van der Waals surface area contributed by atoms with E-state index in [1.165, 1.54) is 0 Å². The summed E-state index contributed by atoms with van der Waals surface area (Å²) in [6.45, 7) is 1.92. The van der Waals surface area contributed by atoms with Crippen LogP contribution >= 0.6 is 11.6 Å². The van der Waals surface area contributed by atoms with Gasteiger partial charge in [-0.25, -0.2) is 0 Å². The fourth-order valence-electron chi connectivity index (χ4n) is 2.29. The van der Waals surface area contributed by atoms with Crippen LogP contribution in [-0.2, 0) is 10.2 Å². The van der Waals surface area contributed by atoms with E-state index in [-0.39, 0.29) is 0 Å². The van der Waals surface area contributed by atoms with Crippen molar-refractivity contribution in [3.05, 3.63) is 34.3 Å². The molecule has 0 radical (unpaired) electrons. The second-order valence-electron chi connectivity index (χ2n) is 4.20. The lowest BCUT2D eigenvalue weighted by Gasteiger charge is -2.39. The molecule has 2 rings (SSSR count). The lowest BCUT2D eigenvalue weighted by atomic mass is 9.63. The van der Waals surface area contributed by atoms with Crippen LogP contribution in [-0.4, -0.2) is 11.1 Å². The zero-order chi connectivity index (χ0) is 11.1. The summed E-state index contributed by atoms with van der Waals surface area (Å²) < 4.78 is 0. The van der Waals surface area contributed by atoms with Crippen molar-refractivity contribution in [2.24, 2.45) is 0 Å². The monoisotopic (exact) mass is 224 g/mol. The van der Waals surface area contributed by atoms with Gasteiger partial charge >= 0.3 is 5.97 Å². The smallest absolute Gasteiger partial charge is 0.314 e. The molecule has 1 aromatic carbocycles. The van der Waals surface area contributed by atoms with Crippen LogP contribution < -0.4 is 0 Å². The molecule has 1 fully saturated rings. The van der Waals surface area contributed by atoms with Crippen LogP contribution in [0, 0.1) is 6.92 Å². The van der Waals surface area contributed by atoms with Crippen molar-refractivity contribution < 1.29 is 9.90 Å². The number of benzene rings is 1. The number of aliphatic carboxylic acids is 1. The molecule has 0 atom stereocenters. The standard InChI is InChI=1S/C12H13ClO2/c1-8-7-9(13)3-4-10(8)12(11(14)15)5-2-6-12/h3-4,7H,2,5-6H2,1H3,(H,14,15). The summed E-state index contributed by atoms with van der Waals surface area (Å²) in [6, 6.07) is 5.46. The Morgan fingerprint density at radius 1 is 1.47 bits per heavy atom. The van der Waals surface area contributed by atoms with Crippen molar-refractivity contribution in [1.29, 1.82) is 0 Å². The van der Waals surface area contributed by atoms with Gasteiger partial charge in [-0.2, -0.15) is 0 Å². The fraction of sp³-hybridized carbons (Fsp3) is 0.417. The van der Waals surface area contributed by atoms with E-state index in [0.717, 1.165) is 30.4 Å². The Balaban J connectivity index is 2.48. The van der Waals surface area contributed by atoms with Gasteiger partial charge < -0.3 is 5.11 Å². The molecule has 0 spiro atoms. The van der Waals surface area contributed by atoms with E-state index >= 15 is 0 Å². The molecule has 0 saturated heterocycles. The highest BCUT2D eigenvalue weighted by atomic mass is 35.5. The molecule has 1 aliphatic carbocycles. The van der Waals surface area contributed by atoms with Gasteiger partial charge in [0, 0.05) is 5.02 Å². The van der Waals surface area contributed by atoms with E-state index in [4.69, 9.17) is 11.6 Å². The van der Waals surface area contributed by atoms with E-state index < -0.39 is 11.4 Å². The second-order valence-corrected chi connectivity index (χ2v) is 4.64. The number of hydrogen-bond acceptors (Lipinski definition) is 1. The number of rotatable bonds is 2. The summed E-state index contributed by atoms with van der Waals surface area (Å²) in [7, 11) is 0. The van der Waals surface area contributed by atoms with E-state index in [1.54, 1.807) is 6.07 Å². The minimum absolute atomic E-state index is 0.644. The normalized spacial score (nSPS) is 18.3. The van der Waals surface area contributed by atoms with Crippen LogP contribution in [0.2, 0.25) is 5.02 Å². The van der Waals surface area contributed by atoms with Crippen molar-refractivity contribution in [1.82, 2.24) is 0 Å². The fourth-order valence-corrected chi connectivity index (χ4v) is 2.52. The lowest BCUT2D eigenvalue weighted by Crippen LogP contribution is -2.42. The van der Waals surface area contributed by atoms with Crippen LogP contribution in [0.15, 0.2) is 18.2 Å². The molecule has 1 saturated carbocycles. The predicted molar refractivity (Wildman–Crippen MR) is 59.4 cm³/mol. The van der Waals surface area contributed by atoms with Crippen LogP contribution in [0.4, 0.5) is 0 Å². The van der Waals surface area contributed by atoms with E-state index in [0.29, 0.717) is 5.02 Å². The SMILES string of the molecule is Cc1cc(Cl)ccc1C1(C(=O)O)CCC1. The highest BCUT2D eigenvalue weighted by Crippen LogP contribution is 2.45. The van der Waals surface area contributed by atoms with Gasteiger partial charge in [-0.15, -0.1) is 0 Å². The Labute approximate surface area is 93.9 Å². The Morgan fingerprint density at radius 2 is 2.13 bits per heavy atom. The topological polar surface area (TPSA) is 37.3 Å². The van der Waals surface area contributed by atoms with Gasteiger partial charge in [0.25, 0.3) is 0 Å². The average molecular weight is 225 g/mol. The molecular weight excluding hydrogens is 212 g/mol. The molecule has 0 heterocycles. The van der Waals surface area contributed by atoms with E-state index in [1.807, 2.05) is 19.1 Å². The lowest BCUT2D eigenvalue weighted by molar-refractivity contribution is -0.147. The second kappa shape index (κ2) is 3.53. The predicted octanol–water partition coefficient (Wildman–Crippen LogP) is 3.15. The van der Waals surface area contributed by atoms with Crippen LogP contribution in [0.1, 0.15) is 30.4 Å². The van der Waals surface area contributed by atoms with Crippen LogP contribution in [0.3, 0.4) is 0 Å². The first-order valence-electron chi connectivity index (χ1n) is 5.06. The average Bonchev–Trinajstić information content (AvgIpc) is 2.05. The minimum Gasteiger partial charge on any atom is -0.481 e. The van der Waals surface area contributed by atoms with Gasteiger partial charge in [-0.3, -0.25) is 4.79 Å². The maximum Gasteiger partial charge on any atom is 0.314 e. The summed E-state index contributed by atoms with van der Waals surface area (Å²) in [4.78, 5) is 11.3. The molecule has 1 aliphatic rings. The minimum atomic E-state index is -0.709. The number of hydrogen-bond donors (Lipinski definition) is 1. The zero-order valence-corrected chi connectivity index (χ0v) is 9.34. The molecular formula is C12H13ClO2. The summed E-state index contributed by atoms with van der Waals surface area (Å²) in [5.41, 5.74) is 1.25. The van der Waals surface area contributed by atoms with Gasteiger partial charge in [-0.1, -0.05) is 24.1 Å². The van der Waals surface area contributed by atoms with Gasteiger partial charge in [-0.05, 0) is 43.0 Å². The van der Waals surface area contributed by atoms with E-state index in [2.05, 4.69) is 0 Å². The summed E-state index contributed by atoms with van der Waals surface area (Å²) >= 11 is 5.86. The van der Waals surface area contributed by atoms with Crippen molar-refractivity contribution in [2.75, 3.05) is 0 Å². The molecule has 1 aromatic rings. The third kappa shape index (κ3) is 1.53. The first-order valence-corrected chi connectivity index (χ1v) is 5.44. The maximum absolute atomic E-state index is 11.3. The Morgan fingerprint density at radius 3 is 2.53 bits per heavy atom.